The highest BCUT2D eigenvalue weighted by Crippen LogP contribution is 2.28. The number of esters is 1. The molecule has 0 amide bonds. The number of oxazole rings is 1. The van der Waals surface area contributed by atoms with Gasteiger partial charge in [-0.3, -0.25) is 4.79 Å². The number of carbonyl (C=O) groups excluding carboxylic acids is 1. The van der Waals surface area contributed by atoms with Crippen molar-refractivity contribution in [3.05, 3.63) is 41.4 Å². The van der Waals surface area contributed by atoms with E-state index in [9.17, 15) is 4.79 Å². The van der Waals surface area contributed by atoms with E-state index in [0.717, 1.165) is 31.2 Å². The van der Waals surface area contributed by atoms with Crippen molar-refractivity contribution < 1.29 is 13.9 Å². The van der Waals surface area contributed by atoms with Crippen molar-refractivity contribution in [3.8, 4) is 11.3 Å². The van der Waals surface area contributed by atoms with Gasteiger partial charge in [-0.05, 0) is 37.8 Å². The van der Waals surface area contributed by atoms with Gasteiger partial charge in [0, 0.05) is 12.0 Å². The number of halogens is 1. The molecule has 1 saturated carbocycles. The normalized spacial score (nSPS) is 15.5. The van der Waals surface area contributed by atoms with Crippen molar-refractivity contribution in [2.45, 2.75) is 51.0 Å². The third-order valence-electron chi connectivity index (χ3n) is 4.09. The summed E-state index contributed by atoms with van der Waals surface area (Å²) in [4.78, 5) is 16.1. The Morgan fingerprint density at radius 1 is 1.26 bits per heavy atom. The van der Waals surface area contributed by atoms with Crippen molar-refractivity contribution in [1.29, 1.82) is 0 Å². The molecule has 4 nitrogen and oxygen atoms in total. The van der Waals surface area contributed by atoms with Crippen LogP contribution in [0.4, 0.5) is 0 Å². The lowest BCUT2D eigenvalue weighted by atomic mass is 9.98. The standard InChI is InChI=1S/C18H20ClNO3/c19-15-9-5-4-8-14(15)16-12-20-17(23-16)10-11-18(21)22-13-6-2-1-3-7-13/h4-5,8-9,12-13H,1-3,6-7,10-11H2. The number of aryl methyl sites for hydroxylation is 1. The van der Waals surface area contributed by atoms with E-state index in [0.29, 0.717) is 29.5 Å². The topological polar surface area (TPSA) is 52.3 Å². The van der Waals surface area contributed by atoms with E-state index in [4.69, 9.17) is 20.8 Å². The van der Waals surface area contributed by atoms with Gasteiger partial charge < -0.3 is 9.15 Å². The SMILES string of the molecule is O=C(CCc1ncc(-c2ccccc2Cl)o1)OC1CCCCC1. The number of carbonyl (C=O) groups is 1. The number of rotatable bonds is 5. The molecular formula is C18H20ClNO3. The molecule has 0 spiro atoms. The Labute approximate surface area is 140 Å². The third kappa shape index (κ3) is 4.35. The maximum absolute atomic E-state index is 11.9. The molecule has 1 aromatic carbocycles. The minimum Gasteiger partial charge on any atom is -0.462 e. The van der Waals surface area contributed by atoms with Crippen LogP contribution in [-0.2, 0) is 16.0 Å². The largest absolute Gasteiger partial charge is 0.462 e. The second-order valence-corrected chi connectivity index (χ2v) is 6.26. The first-order chi connectivity index (χ1) is 11.2. The Morgan fingerprint density at radius 3 is 2.83 bits per heavy atom. The molecule has 0 radical (unpaired) electrons. The maximum Gasteiger partial charge on any atom is 0.306 e. The summed E-state index contributed by atoms with van der Waals surface area (Å²) in [6.45, 7) is 0. The molecule has 0 N–H and O–H groups in total. The molecule has 3 rings (SSSR count). The molecule has 0 bridgehead atoms. The summed E-state index contributed by atoms with van der Waals surface area (Å²) in [6, 6.07) is 7.44. The van der Waals surface area contributed by atoms with Crippen LogP contribution in [0.2, 0.25) is 5.02 Å². The fourth-order valence-electron chi connectivity index (χ4n) is 2.85. The van der Waals surface area contributed by atoms with Crippen LogP contribution >= 0.6 is 11.6 Å². The number of hydrogen-bond acceptors (Lipinski definition) is 4. The van der Waals surface area contributed by atoms with E-state index >= 15 is 0 Å². The average molecular weight is 334 g/mol. The molecule has 122 valence electrons. The van der Waals surface area contributed by atoms with Gasteiger partial charge in [-0.15, -0.1) is 0 Å². The van der Waals surface area contributed by atoms with Gasteiger partial charge in [-0.1, -0.05) is 30.2 Å². The fraction of sp³-hybridized carbons (Fsp3) is 0.444. The first-order valence-corrected chi connectivity index (χ1v) is 8.49. The fourth-order valence-corrected chi connectivity index (χ4v) is 3.08. The van der Waals surface area contributed by atoms with E-state index in [-0.39, 0.29) is 12.1 Å². The predicted octanol–water partition coefficient (Wildman–Crippen LogP) is 4.80. The molecule has 1 aromatic heterocycles. The summed E-state index contributed by atoms with van der Waals surface area (Å²) in [5, 5.41) is 0.618. The smallest absolute Gasteiger partial charge is 0.306 e. The molecule has 1 fully saturated rings. The number of nitrogens with zero attached hydrogens (tertiary/aromatic N) is 1. The monoisotopic (exact) mass is 333 g/mol. The van der Waals surface area contributed by atoms with Crippen LogP contribution < -0.4 is 0 Å². The van der Waals surface area contributed by atoms with Crippen LogP contribution in [0.5, 0.6) is 0 Å². The third-order valence-corrected chi connectivity index (χ3v) is 4.42. The van der Waals surface area contributed by atoms with Gasteiger partial charge in [0.05, 0.1) is 17.6 Å². The number of hydrogen-bond donors (Lipinski definition) is 0. The van der Waals surface area contributed by atoms with Crippen molar-refractivity contribution >= 4 is 17.6 Å². The van der Waals surface area contributed by atoms with Crippen LogP contribution in [0.25, 0.3) is 11.3 Å². The van der Waals surface area contributed by atoms with Gasteiger partial charge in [0.1, 0.15) is 6.10 Å². The van der Waals surface area contributed by atoms with Crippen LogP contribution in [0, 0.1) is 0 Å². The van der Waals surface area contributed by atoms with Gasteiger partial charge in [0.15, 0.2) is 11.7 Å². The molecule has 0 aliphatic heterocycles. The molecule has 1 heterocycles. The van der Waals surface area contributed by atoms with Gasteiger partial charge in [-0.2, -0.15) is 0 Å². The highest BCUT2D eigenvalue weighted by Gasteiger charge is 2.18. The summed E-state index contributed by atoms with van der Waals surface area (Å²) in [5.41, 5.74) is 0.803. The van der Waals surface area contributed by atoms with Crippen LogP contribution in [0.3, 0.4) is 0 Å². The zero-order chi connectivity index (χ0) is 16.1. The molecule has 0 unspecified atom stereocenters. The van der Waals surface area contributed by atoms with Crippen LogP contribution in [0.15, 0.2) is 34.9 Å². The average Bonchev–Trinajstić information content (AvgIpc) is 3.03. The quantitative estimate of drug-likeness (QED) is 0.737. The maximum atomic E-state index is 11.9. The van der Waals surface area contributed by atoms with E-state index in [1.54, 1.807) is 12.3 Å². The van der Waals surface area contributed by atoms with Gasteiger partial charge in [0.25, 0.3) is 0 Å². The minimum absolute atomic E-state index is 0.0968. The second-order valence-electron chi connectivity index (χ2n) is 5.85. The zero-order valence-electron chi connectivity index (χ0n) is 13.0. The Hall–Kier alpha value is -1.81. The first kappa shape index (κ1) is 16.1. The highest BCUT2D eigenvalue weighted by atomic mass is 35.5. The number of benzene rings is 1. The lowest BCUT2D eigenvalue weighted by Gasteiger charge is -2.21. The van der Waals surface area contributed by atoms with Gasteiger partial charge in [-0.25, -0.2) is 4.98 Å². The summed E-state index contributed by atoms with van der Waals surface area (Å²) in [5.74, 6) is 0.973. The van der Waals surface area contributed by atoms with Crippen LogP contribution in [0.1, 0.15) is 44.4 Å². The van der Waals surface area contributed by atoms with E-state index in [1.165, 1.54) is 6.42 Å². The number of ether oxygens (including phenoxy) is 1. The zero-order valence-corrected chi connectivity index (χ0v) is 13.7. The molecule has 2 aromatic rings. The summed E-state index contributed by atoms with van der Waals surface area (Å²) in [7, 11) is 0. The van der Waals surface area contributed by atoms with Crippen molar-refractivity contribution in [3.63, 3.8) is 0 Å². The lowest BCUT2D eigenvalue weighted by molar-refractivity contribution is -0.150. The second kappa shape index (κ2) is 7.64. The molecule has 5 heteroatoms. The molecule has 0 atom stereocenters. The summed E-state index contributed by atoms with van der Waals surface area (Å²) in [6.07, 6.45) is 7.99. The van der Waals surface area contributed by atoms with Crippen molar-refractivity contribution in [2.24, 2.45) is 0 Å². The lowest BCUT2D eigenvalue weighted by Crippen LogP contribution is -2.21. The summed E-state index contributed by atoms with van der Waals surface area (Å²) < 4.78 is 11.2. The van der Waals surface area contributed by atoms with Gasteiger partial charge in [0.2, 0.25) is 0 Å². The van der Waals surface area contributed by atoms with E-state index in [2.05, 4.69) is 4.98 Å². The first-order valence-electron chi connectivity index (χ1n) is 8.11. The Kier molecular flexibility index (Phi) is 5.34. The molecular weight excluding hydrogens is 314 g/mol. The van der Waals surface area contributed by atoms with E-state index < -0.39 is 0 Å². The Bertz CT molecular complexity index is 662. The minimum atomic E-state index is -0.172. The van der Waals surface area contributed by atoms with Crippen molar-refractivity contribution in [2.75, 3.05) is 0 Å². The Morgan fingerprint density at radius 2 is 2.04 bits per heavy atom. The number of aromatic nitrogens is 1. The Balaban J connectivity index is 1.53. The highest BCUT2D eigenvalue weighted by molar-refractivity contribution is 6.33. The molecule has 23 heavy (non-hydrogen) atoms. The van der Waals surface area contributed by atoms with Crippen molar-refractivity contribution in [1.82, 2.24) is 4.98 Å². The predicted molar refractivity (Wildman–Crippen MR) is 88.2 cm³/mol. The van der Waals surface area contributed by atoms with Gasteiger partial charge >= 0.3 is 5.97 Å². The summed E-state index contributed by atoms with van der Waals surface area (Å²) >= 11 is 6.14. The van der Waals surface area contributed by atoms with E-state index in [1.807, 2.05) is 18.2 Å². The molecule has 1 aliphatic carbocycles. The molecule has 0 saturated heterocycles. The van der Waals surface area contributed by atoms with Crippen LogP contribution in [-0.4, -0.2) is 17.1 Å². The molecule has 1 aliphatic rings.